The van der Waals surface area contributed by atoms with Crippen molar-refractivity contribution in [3.63, 3.8) is 0 Å². The van der Waals surface area contributed by atoms with Crippen molar-refractivity contribution >= 4 is 11.8 Å². The maximum Gasteiger partial charge on any atom is 0.252 e. The molecular formula is C15H20N2O2. The van der Waals surface area contributed by atoms with Crippen LogP contribution in [0.15, 0.2) is 24.3 Å². The van der Waals surface area contributed by atoms with Crippen LogP contribution in [-0.2, 0) is 4.79 Å². The number of hydrogen-bond donors (Lipinski definition) is 1. The van der Waals surface area contributed by atoms with E-state index in [2.05, 4.69) is 5.32 Å². The highest BCUT2D eigenvalue weighted by molar-refractivity contribution is 5.98. The van der Waals surface area contributed by atoms with Gasteiger partial charge in [-0.1, -0.05) is 18.2 Å². The monoisotopic (exact) mass is 260 g/mol. The lowest BCUT2D eigenvalue weighted by Crippen LogP contribution is -2.46. The van der Waals surface area contributed by atoms with Crippen LogP contribution in [0.1, 0.15) is 35.7 Å². The average molecular weight is 260 g/mol. The van der Waals surface area contributed by atoms with E-state index in [1.807, 2.05) is 30.0 Å². The normalized spacial score (nSPS) is 16.2. The summed E-state index contributed by atoms with van der Waals surface area (Å²) in [5.41, 5.74) is 1.55. The van der Waals surface area contributed by atoms with Gasteiger partial charge in [-0.05, 0) is 38.3 Å². The fourth-order valence-electron chi connectivity index (χ4n) is 2.38. The van der Waals surface area contributed by atoms with Crippen LogP contribution in [0.4, 0.5) is 0 Å². The molecule has 4 nitrogen and oxygen atoms in total. The third-order valence-electron chi connectivity index (χ3n) is 3.53. The summed E-state index contributed by atoms with van der Waals surface area (Å²) in [6.07, 6.45) is 2.12. The summed E-state index contributed by atoms with van der Waals surface area (Å²) < 4.78 is 0. The smallest absolute Gasteiger partial charge is 0.252 e. The van der Waals surface area contributed by atoms with Gasteiger partial charge in [-0.15, -0.1) is 0 Å². The molecule has 1 aliphatic heterocycles. The highest BCUT2D eigenvalue weighted by Crippen LogP contribution is 2.10. The number of carbonyl (C=O) groups excluding carboxylic acids is 2. The minimum absolute atomic E-state index is 0.0134. The molecule has 1 atom stereocenters. The van der Waals surface area contributed by atoms with Crippen molar-refractivity contribution in [2.45, 2.75) is 32.7 Å². The van der Waals surface area contributed by atoms with Gasteiger partial charge in [-0.25, -0.2) is 0 Å². The van der Waals surface area contributed by atoms with Crippen LogP contribution >= 0.6 is 0 Å². The molecule has 19 heavy (non-hydrogen) atoms. The van der Waals surface area contributed by atoms with Gasteiger partial charge < -0.3 is 10.2 Å². The summed E-state index contributed by atoms with van der Waals surface area (Å²) in [6.45, 7) is 5.26. The zero-order valence-electron chi connectivity index (χ0n) is 11.5. The zero-order chi connectivity index (χ0) is 13.8. The van der Waals surface area contributed by atoms with Crippen molar-refractivity contribution in [1.29, 1.82) is 0 Å². The highest BCUT2D eigenvalue weighted by Gasteiger charge is 2.24. The van der Waals surface area contributed by atoms with Gasteiger partial charge in [0.15, 0.2) is 0 Å². The van der Waals surface area contributed by atoms with E-state index in [1.165, 1.54) is 0 Å². The molecule has 1 aromatic carbocycles. The molecule has 0 aliphatic carbocycles. The first-order chi connectivity index (χ1) is 9.09. The van der Waals surface area contributed by atoms with E-state index < -0.39 is 6.04 Å². The van der Waals surface area contributed by atoms with Crippen LogP contribution in [0.3, 0.4) is 0 Å². The lowest BCUT2D eigenvalue weighted by Gasteiger charge is -2.21. The first-order valence-corrected chi connectivity index (χ1v) is 6.75. The number of amides is 2. The molecule has 2 rings (SSSR count). The Morgan fingerprint density at radius 1 is 1.21 bits per heavy atom. The quantitative estimate of drug-likeness (QED) is 0.900. The summed E-state index contributed by atoms with van der Waals surface area (Å²) in [5, 5.41) is 2.78. The van der Waals surface area contributed by atoms with Crippen molar-refractivity contribution in [1.82, 2.24) is 10.2 Å². The topological polar surface area (TPSA) is 49.4 Å². The minimum atomic E-state index is -0.467. The molecule has 1 aliphatic rings. The molecule has 4 heteroatoms. The van der Waals surface area contributed by atoms with Gasteiger partial charge in [0.25, 0.3) is 5.91 Å². The number of benzene rings is 1. The number of aryl methyl sites for hydroxylation is 1. The molecule has 1 N–H and O–H groups in total. The molecular weight excluding hydrogens is 240 g/mol. The molecule has 1 heterocycles. The molecule has 102 valence electrons. The van der Waals surface area contributed by atoms with E-state index in [1.54, 1.807) is 13.0 Å². The Bertz CT molecular complexity index is 479. The Kier molecular flexibility index (Phi) is 4.20. The Hall–Kier alpha value is -1.84. The average Bonchev–Trinajstić information content (AvgIpc) is 2.92. The molecule has 0 spiro atoms. The number of rotatable bonds is 3. The number of likely N-dealkylation sites (tertiary alicyclic amines) is 1. The first-order valence-electron chi connectivity index (χ1n) is 6.75. The second-order valence-corrected chi connectivity index (χ2v) is 5.04. The van der Waals surface area contributed by atoms with Crippen molar-refractivity contribution in [2.24, 2.45) is 0 Å². The molecule has 1 fully saturated rings. The summed E-state index contributed by atoms with van der Waals surface area (Å²) >= 11 is 0. The second-order valence-electron chi connectivity index (χ2n) is 5.04. The zero-order valence-corrected chi connectivity index (χ0v) is 11.5. The fraction of sp³-hybridized carbons (Fsp3) is 0.467. The number of carbonyl (C=O) groups is 2. The number of nitrogens with zero attached hydrogens (tertiary/aromatic N) is 1. The van der Waals surface area contributed by atoms with Crippen molar-refractivity contribution in [2.75, 3.05) is 13.1 Å². The standard InChI is InChI=1S/C15H20N2O2/c1-11-7-3-4-8-13(11)14(18)16-12(2)15(19)17-9-5-6-10-17/h3-4,7-8,12H,5-6,9-10H2,1-2H3,(H,16,18)/t12-/m0/s1. The summed E-state index contributed by atoms with van der Waals surface area (Å²) in [4.78, 5) is 26.0. The van der Waals surface area contributed by atoms with Crippen LogP contribution in [-0.4, -0.2) is 35.8 Å². The maximum absolute atomic E-state index is 12.1. The highest BCUT2D eigenvalue weighted by atomic mass is 16.2. The number of hydrogen-bond acceptors (Lipinski definition) is 2. The van der Waals surface area contributed by atoms with Crippen LogP contribution in [0.5, 0.6) is 0 Å². The summed E-state index contributed by atoms with van der Waals surface area (Å²) in [7, 11) is 0. The Labute approximate surface area is 113 Å². The predicted molar refractivity (Wildman–Crippen MR) is 73.9 cm³/mol. The van der Waals surface area contributed by atoms with Gasteiger partial charge in [0.05, 0.1) is 0 Å². The van der Waals surface area contributed by atoms with E-state index in [0.29, 0.717) is 5.56 Å². The molecule has 0 unspecified atom stereocenters. The van der Waals surface area contributed by atoms with Gasteiger partial charge in [-0.3, -0.25) is 9.59 Å². The molecule has 0 saturated carbocycles. The van der Waals surface area contributed by atoms with Crippen molar-refractivity contribution < 1.29 is 9.59 Å². The third kappa shape index (κ3) is 3.13. The fourth-order valence-corrected chi connectivity index (χ4v) is 2.38. The Morgan fingerprint density at radius 2 is 1.84 bits per heavy atom. The van der Waals surface area contributed by atoms with E-state index in [-0.39, 0.29) is 11.8 Å². The number of nitrogens with one attached hydrogen (secondary N) is 1. The molecule has 1 aromatic rings. The summed E-state index contributed by atoms with van der Waals surface area (Å²) in [6, 6.07) is 6.92. The van der Waals surface area contributed by atoms with Gasteiger partial charge in [0.2, 0.25) is 5.91 Å². The SMILES string of the molecule is Cc1ccccc1C(=O)N[C@@H](C)C(=O)N1CCCC1. The van der Waals surface area contributed by atoms with E-state index in [9.17, 15) is 9.59 Å². The van der Waals surface area contributed by atoms with Crippen molar-refractivity contribution in [3.05, 3.63) is 35.4 Å². The molecule has 0 radical (unpaired) electrons. The van der Waals surface area contributed by atoms with Crippen LogP contribution in [0.25, 0.3) is 0 Å². The third-order valence-corrected chi connectivity index (χ3v) is 3.53. The molecule has 1 saturated heterocycles. The van der Waals surface area contributed by atoms with Crippen LogP contribution in [0, 0.1) is 6.92 Å². The Morgan fingerprint density at radius 3 is 2.47 bits per heavy atom. The molecule has 0 aromatic heterocycles. The predicted octanol–water partition coefficient (Wildman–Crippen LogP) is 1.74. The molecule has 0 bridgehead atoms. The van der Waals surface area contributed by atoms with Gasteiger partial charge in [0, 0.05) is 18.7 Å². The van der Waals surface area contributed by atoms with Crippen LogP contribution < -0.4 is 5.32 Å². The lowest BCUT2D eigenvalue weighted by molar-refractivity contribution is -0.131. The van der Waals surface area contributed by atoms with Gasteiger partial charge >= 0.3 is 0 Å². The Balaban J connectivity index is 1.98. The second kappa shape index (κ2) is 5.87. The van der Waals surface area contributed by atoms with E-state index in [4.69, 9.17) is 0 Å². The van der Waals surface area contributed by atoms with E-state index >= 15 is 0 Å². The largest absolute Gasteiger partial charge is 0.341 e. The van der Waals surface area contributed by atoms with Gasteiger partial charge in [-0.2, -0.15) is 0 Å². The lowest BCUT2D eigenvalue weighted by atomic mass is 10.1. The van der Waals surface area contributed by atoms with Crippen LogP contribution in [0.2, 0.25) is 0 Å². The molecule has 2 amide bonds. The summed E-state index contributed by atoms with van der Waals surface area (Å²) in [5.74, 6) is -0.169. The maximum atomic E-state index is 12.1. The first kappa shape index (κ1) is 13.6. The van der Waals surface area contributed by atoms with Crippen molar-refractivity contribution in [3.8, 4) is 0 Å². The van der Waals surface area contributed by atoms with Gasteiger partial charge in [0.1, 0.15) is 6.04 Å². The minimum Gasteiger partial charge on any atom is -0.341 e. The van der Waals surface area contributed by atoms with E-state index in [0.717, 1.165) is 31.5 Å².